The van der Waals surface area contributed by atoms with E-state index in [9.17, 15) is 4.79 Å². The maximum absolute atomic E-state index is 10.6. The van der Waals surface area contributed by atoms with Crippen LogP contribution in [0.1, 0.15) is 53.4 Å². The molecule has 0 saturated heterocycles. The van der Waals surface area contributed by atoms with Crippen LogP contribution in [0.3, 0.4) is 0 Å². The molecule has 0 amide bonds. The number of ether oxygens (including phenoxy) is 1. The molecule has 0 saturated carbocycles. The molecule has 0 aromatic carbocycles. The van der Waals surface area contributed by atoms with Gasteiger partial charge in [-0.1, -0.05) is 27.2 Å². The molecule has 0 rings (SSSR count). The Hall–Kier alpha value is -0.370. The van der Waals surface area contributed by atoms with E-state index in [0.717, 1.165) is 13.0 Å². The van der Waals surface area contributed by atoms with Gasteiger partial charge in [-0.15, -0.1) is 0 Å². The van der Waals surface area contributed by atoms with Crippen molar-refractivity contribution in [1.82, 2.24) is 0 Å². The Kier molecular flexibility index (Phi) is 6.81. The Morgan fingerprint density at radius 1 is 1.14 bits per heavy atom. The maximum Gasteiger partial charge on any atom is 0.132 e. The van der Waals surface area contributed by atoms with Crippen LogP contribution in [0.2, 0.25) is 0 Å². The van der Waals surface area contributed by atoms with Gasteiger partial charge in [0.15, 0.2) is 0 Å². The summed E-state index contributed by atoms with van der Waals surface area (Å²) in [5, 5.41) is 0. The zero-order valence-corrected chi connectivity index (χ0v) is 10.1. The van der Waals surface area contributed by atoms with Gasteiger partial charge in [0.1, 0.15) is 5.78 Å². The molecule has 14 heavy (non-hydrogen) atoms. The molecular formula is C12H24O2. The number of Topliss-reactive ketones (excluding diaryl/α,β-unsaturated/α-hetero) is 1. The lowest BCUT2D eigenvalue weighted by Crippen LogP contribution is -2.06. The van der Waals surface area contributed by atoms with Crippen molar-refractivity contribution in [2.45, 2.75) is 53.4 Å². The summed E-state index contributed by atoms with van der Waals surface area (Å²) in [6.45, 7) is 9.74. The first kappa shape index (κ1) is 13.6. The normalized spacial score (nSPS) is 11.7. The van der Waals surface area contributed by atoms with Crippen LogP contribution in [-0.4, -0.2) is 19.0 Å². The van der Waals surface area contributed by atoms with E-state index < -0.39 is 0 Å². The molecule has 0 aliphatic heterocycles. The molecule has 0 radical (unpaired) electrons. The second-order valence-corrected chi connectivity index (χ2v) is 5.08. The van der Waals surface area contributed by atoms with Crippen LogP contribution >= 0.6 is 0 Å². The summed E-state index contributed by atoms with van der Waals surface area (Å²) in [4.78, 5) is 10.6. The van der Waals surface area contributed by atoms with Gasteiger partial charge in [-0.3, -0.25) is 4.79 Å². The summed E-state index contributed by atoms with van der Waals surface area (Å²) in [6.07, 6.45) is 4.11. The van der Waals surface area contributed by atoms with Crippen molar-refractivity contribution >= 4 is 5.78 Å². The van der Waals surface area contributed by atoms with Crippen molar-refractivity contribution in [1.29, 1.82) is 0 Å². The molecular weight excluding hydrogens is 176 g/mol. The summed E-state index contributed by atoms with van der Waals surface area (Å²) in [5.74, 6) is 0.208. The van der Waals surface area contributed by atoms with Gasteiger partial charge in [-0.05, 0) is 25.2 Å². The molecule has 0 N–H and O–H groups in total. The average molecular weight is 200 g/mol. The summed E-state index contributed by atoms with van der Waals surface area (Å²) in [5.41, 5.74) is 0.430. The molecule has 0 aliphatic carbocycles. The minimum absolute atomic E-state index is 0.208. The van der Waals surface area contributed by atoms with Gasteiger partial charge in [0.05, 0.1) is 6.61 Å². The highest BCUT2D eigenvalue weighted by atomic mass is 16.5. The van der Waals surface area contributed by atoms with Crippen LogP contribution in [0, 0.1) is 5.41 Å². The van der Waals surface area contributed by atoms with Crippen LogP contribution in [0.5, 0.6) is 0 Å². The fourth-order valence-corrected chi connectivity index (χ4v) is 1.18. The molecule has 0 aliphatic rings. The second-order valence-electron chi connectivity index (χ2n) is 5.08. The lowest BCUT2D eigenvalue weighted by atomic mass is 9.90. The van der Waals surface area contributed by atoms with Crippen LogP contribution in [0.4, 0.5) is 0 Å². The van der Waals surface area contributed by atoms with E-state index in [1.807, 2.05) is 0 Å². The van der Waals surface area contributed by atoms with Crippen molar-refractivity contribution in [3.05, 3.63) is 0 Å². The molecule has 0 fully saturated rings. The minimum Gasteiger partial charge on any atom is -0.381 e. The second kappa shape index (κ2) is 6.99. The predicted molar refractivity (Wildman–Crippen MR) is 59.4 cm³/mol. The number of rotatable bonds is 7. The smallest absolute Gasteiger partial charge is 0.132 e. The van der Waals surface area contributed by atoms with Gasteiger partial charge in [0, 0.05) is 13.0 Å². The van der Waals surface area contributed by atoms with Crippen molar-refractivity contribution in [2.75, 3.05) is 13.2 Å². The van der Waals surface area contributed by atoms with Crippen LogP contribution in [0.15, 0.2) is 0 Å². The Bertz CT molecular complexity index is 156. The quantitative estimate of drug-likeness (QED) is 0.590. The molecule has 0 heterocycles. The molecule has 0 atom stereocenters. The van der Waals surface area contributed by atoms with Gasteiger partial charge >= 0.3 is 0 Å². The third-order valence-electron chi connectivity index (χ3n) is 2.06. The van der Waals surface area contributed by atoms with Crippen molar-refractivity contribution in [3.8, 4) is 0 Å². The maximum atomic E-state index is 10.6. The number of carbonyl (C=O) groups is 1. The summed E-state index contributed by atoms with van der Waals surface area (Å²) in [6, 6.07) is 0. The van der Waals surface area contributed by atoms with E-state index in [0.29, 0.717) is 18.4 Å². The number of hydrogen-bond donors (Lipinski definition) is 0. The van der Waals surface area contributed by atoms with Gasteiger partial charge in [0.2, 0.25) is 0 Å². The van der Waals surface area contributed by atoms with E-state index in [-0.39, 0.29) is 5.78 Å². The largest absolute Gasteiger partial charge is 0.381 e. The lowest BCUT2D eigenvalue weighted by molar-refractivity contribution is -0.118. The number of carbonyl (C=O) groups excluding carboxylic acids is 1. The fraction of sp³-hybridized carbons (Fsp3) is 0.917. The van der Waals surface area contributed by atoms with E-state index >= 15 is 0 Å². The number of hydrogen-bond acceptors (Lipinski definition) is 2. The zero-order chi connectivity index (χ0) is 11.0. The van der Waals surface area contributed by atoms with Gasteiger partial charge in [-0.25, -0.2) is 0 Å². The zero-order valence-electron chi connectivity index (χ0n) is 10.1. The predicted octanol–water partition coefficient (Wildman–Crippen LogP) is 3.20. The van der Waals surface area contributed by atoms with Crippen LogP contribution < -0.4 is 0 Å². The first-order chi connectivity index (χ1) is 6.42. The van der Waals surface area contributed by atoms with Crippen molar-refractivity contribution < 1.29 is 9.53 Å². The Morgan fingerprint density at radius 3 is 2.29 bits per heavy atom. The standard InChI is InChI=1S/C12H24O2/c1-11(13)7-10-14-9-6-5-8-12(2,3)4/h5-10H2,1-4H3. The highest BCUT2D eigenvalue weighted by Crippen LogP contribution is 2.21. The van der Waals surface area contributed by atoms with Gasteiger partial charge < -0.3 is 4.74 Å². The average Bonchev–Trinajstić information content (AvgIpc) is 2.00. The number of ketones is 1. The third-order valence-corrected chi connectivity index (χ3v) is 2.06. The fourth-order valence-electron chi connectivity index (χ4n) is 1.18. The molecule has 0 aromatic heterocycles. The molecule has 2 nitrogen and oxygen atoms in total. The van der Waals surface area contributed by atoms with E-state index in [1.54, 1.807) is 6.92 Å². The Balaban J connectivity index is 3.11. The van der Waals surface area contributed by atoms with E-state index in [4.69, 9.17) is 4.74 Å². The third kappa shape index (κ3) is 11.6. The first-order valence-electron chi connectivity index (χ1n) is 5.49. The number of unbranched alkanes of at least 4 members (excludes halogenated alkanes) is 1. The topological polar surface area (TPSA) is 26.3 Å². The Morgan fingerprint density at radius 2 is 1.79 bits per heavy atom. The molecule has 2 heteroatoms. The Labute approximate surface area is 88.0 Å². The van der Waals surface area contributed by atoms with Gasteiger partial charge in [0.25, 0.3) is 0 Å². The molecule has 0 spiro atoms. The summed E-state index contributed by atoms with van der Waals surface area (Å²) >= 11 is 0. The van der Waals surface area contributed by atoms with E-state index in [2.05, 4.69) is 20.8 Å². The first-order valence-corrected chi connectivity index (χ1v) is 5.49. The monoisotopic (exact) mass is 200 g/mol. The summed E-state index contributed by atoms with van der Waals surface area (Å²) in [7, 11) is 0. The van der Waals surface area contributed by atoms with Gasteiger partial charge in [-0.2, -0.15) is 0 Å². The lowest BCUT2D eigenvalue weighted by Gasteiger charge is -2.17. The van der Waals surface area contributed by atoms with Crippen LogP contribution in [0.25, 0.3) is 0 Å². The van der Waals surface area contributed by atoms with Crippen molar-refractivity contribution in [3.63, 3.8) is 0 Å². The highest BCUT2D eigenvalue weighted by molar-refractivity contribution is 5.75. The molecule has 0 aromatic rings. The molecule has 0 unspecified atom stereocenters. The SMILES string of the molecule is CC(=O)CCOCCCCC(C)(C)C. The molecule has 0 bridgehead atoms. The van der Waals surface area contributed by atoms with E-state index in [1.165, 1.54) is 12.8 Å². The van der Waals surface area contributed by atoms with Crippen molar-refractivity contribution in [2.24, 2.45) is 5.41 Å². The molecule has 84 valence electrons. The summed E-state index contributed by atoms with van der Waals surface area (Å²) < 4.78 is 5.34. The van der Waals surface area contributed by atoms with Crippen LogP contribution in [-0.2, 0) is 9.53 Å². The minimum atomic E-state index is 0.208. The highest BCUT2D eigenvalue weighted by Gasteiger charge is 2.08.